The summed E-state index contributed by atoms with van der Waals surface area (Å²) in [5, 5.41) is 8.19. The van der Waals surface area contributed by atoms with Gasteiger partial charge in [0.2, 0.25) is 0 Å². The number of nitrogens with one attached hydrogen (secondary N) is 1. The molecular formula is C3H8ClNO. The molecule has 0 fully saturated rings. The molecule has 0 aliphatic heterocycles. The van der Waals surface area contributed by atoms with Crippen LogP contribution in [-0.4, -0.2) is 17.8 Å². The van der Waals surface area contributed by atoms with Gasteiger partial charge in [-0.3, -0.25) is 0 Å². The second-order valence-corrected chi connectivity index (χ2v) is 1.41. The Hall–Kier alpha value is 0.210. The van der Waals surface area contributed by atoms with Crippen LogP contribution in [0.3, 0.4) is 0 Å². The van der Waals surface area contributed by atoms with Crippen molar-refractivity contribution in [2.75, 3.05) is 6.61 Å². The highest BCUT2D eigenvalue weighted by Gasteiger charge is 1.90. The minimum Gasteiger partial charge on any atom is -0.395 e. The molecule has 3 heteroatoms. The Labute approximate surface area is 42.2 Å². The van der Waals surface area contributed by atoms with E-state index >= 15 is 0 Å². The van der Waals surface area contributed by atoms with Crippen LogP contribution < -0.4 is 4.84 Å². The average molecular weight is 110 g/mol. The lowest BCUT2D eigenvalue weighted by molar-refractivity contribution is 0.266. The minimum absolute atomic E-state index is 0.00617. The molecule has 0 aliphatic rings. The molecule has 0 aromatic heterocycles. The van der Waals surface area contributed by atoms with E-state index in [-0.39, 0.29) is 12.6 Å². The third-order valence-electron chi connectivity index (χ3n) is 0.460. The molecule has 0 unspecified atom stereocenters. The zero-order valence-corrected chi connectivity index (χ0v) is 4.37. The van der Waals surface area contributed by atoms with E-state index in [9.17, 15) is 0 Å². The predicted molar refractivity (Wildman–Crippen MR) is 25.5 cm³/mol. The first-order chi connectivity index (χ1) is 2.81. The molecule has 0 aliphatic carbocycles. The van der Waals surface area contributed by atoms with Gasteiger partial charge in [0.1, 0.15) is 0 Å². The summed E-state index contributed by atoms with van der Waals surface area (Å²) >= 11 is 5.04. The Morgan fingerprint density at radius 3 is 2.50 bits per heavy atom. The second-order valence-electron chi connectivity index (χ2n) is 1.19. The average Bonchev–Trinajstić information content (AvgIpc) is 1.65. The van der Waals surface area contributed by atoms with Gasteiger partial charge in [-0.05, 0) is 18.7 Å². The highest BCUT2D eigenvalue weighted by atomic mass is 35.5. The maximum absolute atomic E-state index is 8.19. The molecule has 0 rings (SSSR count). The largest absolute Gasteiger partial charge is 0.395 e. The maximum atomic E-state index is 8.19. The van der Waals surface area contributed by atoms with Crippen LogP contribution in [-0.2, 0) is 0 Å². The quantitative estimate of drug-likeness (QED) is 0.494. The van der Waals surface area contributed by atoms with Crippen molar-refractivity contribution in [2.45, 2.75) is 13.0 Å². The van der Waals surface area contributed by atoms with E-state index in [1.54, 1.807) is 6.92 Å². The highest BCUT2D eigenvalue weighted by molar-refractivity contribution is 6.13. The van der Waals surface area contributed by atoms with Gasteiger partial charge in [-0.1, -0.05) is 0 Å². The Kier molecular flexibility index (Phi) is 3.52. The van der Waals surface area contributed by atoms with E-state index < -0.39 is 0 Å². The van der Waals surface area contributed by atoms with E-state index in [4.69, 9.17) is 16.9 Å². The molecule has 2 N–H and O–H groups in total. The maximum Gasteiger partial charge on any atom is 0.0594 e. The summed E-state index contributed by atoms with van der Waals surface area (Å²) in [6.45, 7) is 1.87. The van der Waals surface area contributed by atoms with Gasteiger partial charge < -0.3 is 5.11 Å². The monoisotopic (exact) mass is 109 g/mol. The third kappa shape index (κ3) is 2.45. The lowest BCUT2D eigenvalue weighted by Gasteiger charge is -1.98. The SMILES string of the molecule is C[C@@H](CO)NCl. The van der Waals surface area contributed by atoms with Crippen LogP contribution in [0, 0.1) is 0 Å². The first kappa shape index (κ1) is 6.21. The molecule has 6 heavy (non-hydrogen) atoms. The minimum atomic E-state index is 0.00617. The molecule has 0 spiro atoms. The van der Waals surface area contributed by atoms with Crippen molar-refractivity contribution in [3.63, 3.8) is 0 Å². The van der Waals surface area contributed by atoms with E-state index in [1.165, 1.54) is 0 Å². The first-order valence-corrected chi connectivity index (χ1v) is 2.16. The number of hydrogen-bond donors (Lipinski definition) is 2. The zero-order valence-electron chi connectivity index (χ0n) is 3.61. The topological polar surface area (TPSA) is 32.3 Å². The van der Waals surface area contributed by atoms with Gasteiger partial charge in [0.05, 0.1) is 6.61 Å². The standard InChI is InChI=1S/C3H8ClNO/c1-3(2-6)5-4/h3,5-6H,2H2,1H3/t3-/m0/s1. The molecule has 0 amide bonds. The van der Waals surface area contributed by atoms with Crippen molar-refractivity contribution in [2.24, 2.45) is 0 Å². The predicted octanol–water partition coefficient (Wildman–Crippen LogP) is 0.111. The molecule has 0 radical (unpaired) electrons. The molecule has 0 saturated heterocycles. The van der Waals surface area contributed by atoms with Crippen molar-refractivity contribution in [1.29, 1.82) is 0 Å². The van der Waals surface area contributed by atoms with Gasteiger partial charge in [0, 0.05) is 6.04 Å². The summed E-state index contributed by atoms with van der Waals surface area (Å²) in [6.07, 6.45) is 0. The fourth-order valence-electron chi connectivity index (χ4n) is 0.0345. The number of aliphatic hydroxyl groups excluding tert-OH is 1. The molecule has 0 heterocycles. The molecule has 1 atom stereocenters. The summed E-state index contributed by atoms with van der Waals surface area (Å²) in [5.41, 5.74) is 0. The number of rotatable bonds is 2. The van der Waals surface area contributed by atoms with Crippen LogP contribution in [0.5, 0.6) is 0 Å². The zero-order chi connectivity index (χ0) is 4.99. The van der Waals surface area contributed by atoms with Crippen molar-refractivity contribution in [3.8, 4) is 0 Å². The summed E-state index contributed by atoms with van der Waals surface area (Å²) in [5.74, 6) is 0. The second kappa shape index (κ2) is 3.40. The Morgan fingerprint density at radius 2 is 2.50 bits per heavy atom. The normalized spacial score (nSPS) is 14.5. The van der Waals surface area contributed by atoms with Crippen LogP contribution in [0.2, 0.25) is 0 Å². The van der Waals surface area contributed by atoms with Crippen molar-refractivity contribution in [1.82, 2.24) is 4.84 Å². The molecule has 0 bridgehead atoms. The summed E-state index contributed by atoms with van der Waals surface area (Å²) in [7, 11) is 0. The van der Waals surface area contributed by atoms with Gasteiger partial charge in [-0.15, -0.1) is 0 Å². The summed E-state index contributed by atoms with van der Waals surface area (Å²) < 4.78 is 0. The molecule has 38 valence electrons. The van der Waals surface area contributed by atoms with Gasteiger partial charge >= 0.3 is 0 Å². The van der Waals surface area contributed by atoms with Gasteiger partial charge in [0.15, 0.2) is 0 Å². The Morgan fingerprint density at radius 1 is 2.00 bits per heavy atom. The van der Waals surface area contributed by atoms with E-state index in [2.05, 4.69) is 4.84 Å². The first-order valence-electron chi connectivity index (χ1n) is 1.78. The highest BCUT2D eigenvalue weighted by Crippen LogP contribution is 1.76. The van der Waals surface area contributed by atoms with Gasteiger partial charge in [0.25, 0.3) is 0 Å². The molecule has 0 saturated carbocycles. The molecular weight excluding hydrogens is 101 g/mol. The molecule has 0 aromatic rings. The fraction of sp³-hybridized carbons (Fsp3) is 1.00. The van der Waals surface area contributed by atoms with Crippen LogP contribution >= 0.6 is 11.8 Å². The summed E-state index contributed by atoms with van der Waals surface area (Å²) in [6, 6.07) is 0.00617. The van der Waals surface area contributed by atoms with Crippen molar-refractivity contribution >= 4 is 11.8 Å². The fourth-order valence-corrected chi connectivity index (χ4v) is 0.104. The Bertz CT molecular complexity index is 30.0. The smallest absolute Gasteiger partial charge is 0.0594 e. The van der Waals surface area contributed by atoms with Crippen molar-refractivity contribution in [3.05, 3.63) is 0 Å². The van der Waals surface area contributed by atoms with Gasteiger partial charge in [-0.25, -0.2) is 4.84 Å². The van der Waals surface area contributed by atoms with Crippen LogP contribution in [0.1, 0.15) is 6.92 Å². The lowest BCUT2D eigenvalue weighted by atomic mass is 10.4. The van der Waals surface area contributed by atoms with Crippen LogP contribution in [0.15, 0.2) is 0 Å². The van der Waals surface area contributed by atoms with Gasteiger partial charge in [-0.2, -0.15) is 0 Å². The van der Waals surface area contributed by atoms with Crippen LogP contribution in [0.4, 0.5) is 0 Å². The third-order valence-corrected chi connectivity index (χ3v) is 0.833. The number of hydrogen-bond acceptors (Lipinski definition) is 2. The number of aliphatic hydroxyl groups is 1. The summed E-state index contributed by atoms with van der Waals surface area (Å²) in [4.78, 5) is 2.34. The lowest BCUT2D eigenvalue weighted by Crippen LogP contribution is -2.19. The molecule has 2 nitrogen and oxygen atoms in total. The number of halogens is 1. The van der Waals surface area contributed by atoms with Crippen molar-refractivity contribution < 1.29 is 5.11 Å². The van der Waals surface area contributed by atoms with Crippen LogP contribution in [0.25, 0.3) is 0 Å². The van der Waals surface area contributed by atoms with E-state index in [0.717, 1.165) is 0 Å². The Balaban J connectivity index is 2.75. The molecule has 0 aromatic carbocycles. The van der Waals surface area contributed by atoms with E-state index in [1.807, 2.05) is 0 Å². The van der Waals surface area contributed by atoms with E-state index in [0.29, 0.717) is 0 Å².